The summed E-state index contributed by atoms with van der Waals surface area (Å²) in [5, 5.41) is 16.3. The summed E-state index contributed by atoms with van der Waals surface area (Å²) < 4.78 is 1.76. The van der Waals surface area contributed by atoms with Crippen molar-refractivity contribution in [1.82, 2.24) is 15.3 Å². The van der Waals surface area contributed by atoms with Gasteiger partial charge in [-0.3, -0.25) is 19.6 Å². The average molecular weight is 413 g/mol. The van der Waals surface area contributed by atoms with Crippen molar-refractivity contribution in [3.05, 3.63) is 40.7 Å². The maximum atomic E-state index is 12.7. The average Bonchev–Trinajstić information content (AvgIpc) is 2.99. The third-order valence-electron chi connectivity index (χ3n) is 5.25. The Morgan fingerprint density at radius 3 is 2.70 bits per heavy atom. The number of primary amides is 1. The third-order valence-corrected chi connectivity index (χ3v) is 5.25. The van der Waals surface area contributed by atoms with Crippen LogP contribution >= 0.6 is 0 Å². The zero-order chi connectivity index (χ0) is 22.1. The molecule has 0 bridgehead atoms. The highest BCUT2D eigenvalue weighted by Crippen LogP contribution is 2.37. The van der Waals surface area contributed by atoms with Gasteiger partial charge in [-0.15, -0.1) is 0 Å². The van der Waals surface area contributed by atoms with E-state index in [1.54, 1.807) is 28.4 Å². The van der Waals surface area contributed by atoms with Crippen molar-refractivity contribution in [2.45, 2.75) is 46.5 Å². The molecule has 2 aromatic rings. The molecule has 1 aromatic carbocycles. The van der Waals surface area contributed by atoms with E-state index in [1.165, 1.54) is 0 Å². The lowest BCUT2D eigenvalue weighted by molar-refractivity contribution is -0.129. The minimum absolute atomic E-state index is 0.0965. The van der Waals surface area contributed by atoms with Crippen LogP contribution in [-0.2, 0) is 11.2 Å². The fourth-order valence-electron chi connectivity index (χ4n) is 3.91. The summed E-state index contributed by atoms with van der Waals surface area (Å²) in [5.74, 6) is -0.960. The molecule has 0 saturated carbocycles. The Balaban J connectivity index is 1.94. The molecule has 9 heteroatoms. The number of carbonyl (C=O) groups is 3. The van der Waals surface area contributed by atoms with Gasteiger partial charge in [-0.2, -0.15) is 5.10 Å². The Bertz CT molecular complexity index is 1010. The van der Waals surface area contributed by atoms with Gasteiger partial charge in [-0.05, 0) is 43.4 Å². The van der Waals surface area contributed by atoms with E-state index in [1.807, 2.05) is 6.92 Å². The smallest absolute Gasteiger partial charge is 0.250 e. The van der Waals surface area contributed by atoms with Crippen LogP contribution in [0.1, 0.15) is 65.2 Å². The van der Waals surface area contributed by atoms with Crippen molar-refractivity contribution in [3.63, 3.8) is 0 Å². The maximum Gasteiger partial charge on any atom is 0.250 e. The number of fused-ring (bicyclic) bond motifs is 1. The zero-order valence-electron chi connectivity index (χ0n) is 17.4. The summed E-state index contributed by atoms with van der Waals surface area (Å²) in [5.41, 5.74) is 10.7. The Hall–Kier alpha value is -3.20. The Kier molecular flexibility index (Phi) is 5.93. The summed E-state index contributed by atoms with van der Waals surface area (Å²) in [6, 6.07) is 5.15. The van der Waals surface area contributed by atoms with Crippen molar-refractivity contribution in [1.29, 1.82) is 0 Å². The summed E-state index contributed by atoms with van der Waals surface area (Å²) >= 11 is 0. The first-order valence-electron chi connectivity index (χ1n) is 9.85. The number of aryl methyl sites for hydroxylation is 1. The lowest BCUT2D eigenvalue weighted by Crippen LogP contribution is -2.28. The van der Waals surface area contributed by atoms with Crippen molar-refractivity contribution < 1.29 is 19.6 Å². The van der Waals surface area contributed by atoms with Gasteiger partial charge in [0.05, 0.1) is 28.2 Å². The molecule has 1 aliphatic rings. The molecule has 0 radical (unpaired) electrons. The van der Waals surface area contributed by atoms with Gasteiger partial charge in [0.25, 0.3) is 5.91 Å². The molecule has 1 heterocycles. The van der Waals surface area contributed by atoms with E-state index >= 15 is 0 Å². The van der Waals surface area contributed by atoms with E-state index in [2.05, 4.69) is 24.3 Å². The number of carbonyl (C=O) groups excluding carboxylic acids is 3. The van der Waals surface area contributed by atoms with Crippen LogP contribution in [0.5, 0.6) is 0 Å². The Morgan fingerprint density at radius 1 is 1.30 bits per heavy atom. The van der Waals surface area contributed by atoms with Gasteiger partial charge in [0.15, 0.2) is 5.78 Å². The SMILES string of the molecule is Cc1nn(-c2ccc(C(N)=O)c(NCCCC(=O)NO)c2)c2c1C(=O)CC(C)(C)C2. The molecule has 0 fully saturated rings. The monoisotopic (exact) mass is 413 g/mol. The van der Waals surface area contributed by atoms with Crippen LogP contribution in [0.15, 0.2) is 18.2 Å². The molecule has 160 valence electrons. The van der Waals surface area contributed by atoms with Crippen LogP contribution < -0.4 is 16.5 Å². The minimum atomic E-state index is -0.577. The van der Waals surface area contributed by atoms with Gasteiger partial charge < -0.3 is 11.1 Å². The first kappa shape index (κ1) is 21.5. The fraction of sp³-hybridized carbons (Fsp3) is 0.429. The second-order valence-electron chi connectivity index (χ2n) is 8.42. The maximum absolute atomic E-state index is 12.7. The summed E-state index contributed by atoms with van der Waals surface area (Å²) in [6.45, 7) is 6.35. The normalized spacial score (nSPS) is 14.9. The molecule has 9 nitrogen and oxygen atoms in total. The number of hydroxylamine groups is 1. The van der Waals surface area contributed by atoms with Gasteiger partial charge >= 0.3 is 0 Å². The van der Waals surface area contributed by atoms with Crippen LogP contribution in [0.2, 0.25) is 0 Å². The zero-order valence-corrected chi connectivity index (χ0v) is 17.4. The number of anilines is 1. The summed E-state index contributed by atoms with van der Waals surface area (Å²) in [4.78, 5) is 35.6. The minimum Gasteiger partial charge on any atom is -0.384 e. The number of nitrogens with zero attached hydrogens (tertiary/aromatic N) is 2. The number of rotatable bonds is 7. The molecule has 0 aliphatic heterocycles. The topological polar surface area (TPSA) is 139 Å². The largest absolute Gasteiger partial charge is 0.384 e. The second-order valence-corrected chi connectivity index (χ2v) is 8.42. The van der Waals surface area contributed by atoms with E-state index < -0.39 is 11.8 Å². The highest BCUT2D eigenvalue weighted by Gasteiger charge is 2.35. The molecule has 0 unspecified atom stereocenters. The number of aromatic nitrogens is 2. The Morgan fingerprint density at radius 2 is 2.03 bits per heavy atom. The molecular formula is C21H27N5O4. The van der Waals surface area contributed by atoms with E-state index in [4.69, 9.17) is 10.9 Å². The van der Waals surface area contributed by atoms with Crippen LogP contribution in [0.3, 0.4) is 0 Å². The van der Waals surface area contributed by atoms with Crippen LogP contribution in [0, 0.1) is 12.3 Å². The fourth-order valence-corrected chi connectivity index (χ4v) is 3.91. The quantitative estimate of drug-likeness (QED) is 0.311. The predicted molar refractivity (Wildman–Crippen MR) is 111 cm³/mol. The summed E-state index contributed by atoms with van der Waals surface area (Å²) in [7, 11) is 0. The molecule has 1 aromatic heterocycles. The summed E-state index contributed by atoms with van der Waals surface area (Å²) in [6.07, 6.45) is 1.79. The van der Waals surface area contributed by atoms with E-state index in [0.29, 0.717) is 54.0 Å². The van der Waals surface area contributed by atoms with E-state index in [0.717, 1.165) is 5.69 Å². The number of amides is 2. The number of nitrogens with two attached hydrogens (primary N) is 1. The molecular weight excluding hydrogens is 386 g/mol. The van der Waals surface area contributed by atoms with Crippen molar-refractivity contribution in [3.8, 4) is 5.69 Å². The molecule has 0 atom stereocenters. The third kappa shape index (κ3) is 4.35. The lowest BCUT2D eigenvalue weighted by atomic mass is 9.75. The number of hydrogen-bond donors (Lipinski definition) is 4. The molecule has 3 rings (SSSR count). The molecule has 0 saturated heterocycles. The molecule has 0 spiro atoms. The van der Waals surface area contributed by atoms with Gasteiger partial charge in [-0.25, -0.2) is 10.2 Å². The molecule has 2 amide bonds. The first-order valence-corrected chi connectivity index (χ1v) is 9.85. The highest BCUT2D eigenvalue weighted by molar-refractivity contribution is 6.00. The van der Waals surface area contributed by atoms with Crippen LogP contribution in [0.25, 0.3) is 5.69 Å². The second kappa shape index (κ2) is 8.27. The van der Waals surface area contributed by atoms with Gasteiger partial charge in [0.1, 0.15) is 0 Å². The molecule has 30 heavy (non-hydrogen) atoms. The van der Waals surface area contributed by atoms with Crippen LogP contribution in [-0.4, -0.2) is 39.1 Å². The number of Topliss-reactive ketones (excluding diaryl/α,β-unsaturated/α-hetero) is 1. The lowest BCUT2D eigenvalue weighted by Gasteiger charge is -2.29. The number of hydrogen-bond acceptors (Lipinski definition) is 6. The number of benzene rings is 1. The van der Waals surface area contributed by atoms with Crippen molar-refractivity contribution >= 4 is 23.3 Å². The Labute approximate surface area is 174 Å². The number of nitrogens with one attached hydrogen (secondary N) is 2. The van der Waals surface area contributed by atoms with Gasteiger partial charge in [-0.1, -0.05) is 13.8 Å². The predicted octanol–water partition coefficient (Wildman–Crippen LogP) is 2.13. The van der Waals surface area contributed by atoms with Crippen LogP contribution in [0.4, 0.5) is 5.69 Å². The van der Waals surface area contributed by atoms with Crippen molar-refractivity contribution in [2.75, 3.05) is 11.9 Å². The van der Waals surface area contributed by atoms with Crippen molar-refractivity contribution in [2.24, 2.45) is 11.1 Å². The standard InChI is InChI=1S/C21H27N5O4/c1-12-19-16(10-21(2,3)11-17(19)27)26(24-12)13-6-7-14(20(22)29)15(9-13)23-8-4-5-18(28)25-30/h6-7,9,23,30H,4-5,8,10-11H2,1-3H3,(H2,22,29)(H,25,28). The molecule has 1 aliphatic carbocycles. The van der Waals surface area contributed by atoms with E-state index in [9.17, 15) is 14.4 Å². The highest BCUT2D eigenvalue weighted by atomic mass is 16.5. The van der Waals surface area contributed by atoms with Gasteiger partial charge in [0, 0.05) is 25.1 Å². The van der Waals surface area contributed by atoms with E-state index in [-0.39, 0.29) is 17.6 Å². The van der Waals surface area contributed by atoms with Gasteiger partial charge in [0.2, 0.25) is 5.91 Å². The number of ketones is 1. The molecule has 5 N–H and O–H groups in total. The first-order chi connectivity index (χ1) is 14.1.